The van der Waals surface area contributed by atoms with Crippen molar-refractivity contribution in [2.75, 3.05) is 18.4 Å². The molecule has 1 N–H and O–H groups in total. The van der Waals surface area contributed by atoms with E-state index in [1.54, 1.807) is 6.07 Å². The average Bonchev–Trinajstić information content (AvgIpc) is 2.82. The van der Waals surface area contributed by atoms with E-state index in [1.165, 1.54) is 25.0 Å². The molecule has 0 radical (unpaired) electrons. The van der Waals surface area contributed by atoms with Crippen LogP contribution in [0, 0.1) is 0 Å². The van der Waals surface area contributed by atoms with Crippen molar-refractivity contribution in [3.05, 3.63) is 29.8 Å². The summed E-state index contributed by atoms with van der Waals surface area (Å²) in [5.74, 6) is 0. The van der Waals surface area contributed by atoms with Crippen LogP contribution in [0.3, 0.4) is 0 Å². The van der Waals surface area contributed by atoms with Gasteiger partial charge in [0.05, 0.1) is 5.56 Å². The van der Waals surface area contributed by atoms with Crippen molar-refractivity contribution in [2.45, 2.75) is 43.9 Å². The first-order valence-electron chi connectivity index (χ1n) is 7.22. The largest absolute Gasteiger partial charge is 0.416 e. The Morgan fingerprint density at radius 1 is 1.10 bits per heavy atom. The van der Waals surface area contributed by atoms with Gasteiger partial charge in [0.25, 0.3) is 0 Å². The molecule has 1 aromatic carbocycles. The van der Waals surface area contributed by atoms with Crippen LogP contribution in [0.4, 0.5) is 18.9 Å². The molecule has 0 aliphatic carbocycles. The zero-order chi connectivity index (χ0) is 14.2. The van der Waals surface area contributed by atoms with E-state index in [2.05, 4.69) is 10.2 Å². The Bertz CT molecular complexity index is 472. The zero-order valence-corrected chi connectivity index (χ0v) is 11.3. The maximum atomic E-state index is 12.7. The van der Waals surface area contributed by atoms with E-state index in [0.29, 0.717) is 11.7 Å². The Kier molecular flexibility index (Phi) is 3.63. The number of anilines is 1. The number of hydrogen-bond acceptors (Lipinski definition) is 2. The number of nitrogens with zero attached hydrogens (tertiary/aromatic N) is 1. The molecule has 2 fully saturated rings. The molecule has 2 nitrogen and oxygen atoms in total. The standard InChI is InChI=1S/C15H19F3N2/c16-15(17,18)11-4-3-5-12(10-11)19-13-7-9-20-8-2-1-6-14(13)20/h3-5,10,13-14,19H,1-2,6-9H2. The number of alkyl halides is 3. The molecule has 2 unspecified atom stereocenters. The minimum Gasteiger partial charge on any atom is -0.381 e. The van der Waals surface area contributed by atoms with Gasteiger partial charge < -0.3 is 5.32 Å². The highest BCUT2D eigenvalue weighted by atomic mass is 19.4. The molecule has 0 bridgehead atoms. The minimum absolute atomic E-state index is 0.277. The van der Waals surface area contributed by atoms with E-state index >= 15 is 0 Å². The highest BCUT2D eigenvalue weighted by Gasteiger charge is 2.36. The quantitative estimate of drug-likeness (QED) is 0.890. The molecule has 110 valence electrons. The average molecular weight is 284 g/mol. The van der Waals surface area contributed by atoms with Gasteiger partial charge in [-0.3, -0.25) is 4.90 Å². The molecule has 2 atom stereocenters. The van der Waals surface area contributed by atoms with Crippen molar-refractivity contribution in [3.8, 4) is 0 Å². The molecule has 20 heavy (non-hydrogen) atoms. The number of rotatable bonds is 2. The van der Waals surface area contributed by atoms with Crippen LogP contribution in [0.2, 0.25) is 0 Å². The first-order chi connectivity index (χ1) is 9.54. The van der Waals surface area contributed by atoms with Crippen molar-refractivity contribution in [2.24, 2.45) is 0 Å². The van der Waals surface area contributed by atoms with Gasteiger partial charge in [0.1, 0.15) is 0 Å². The zero-order valence-electron chi connectivity index (χ0n) is 11.3. The molecule has 3 rings (SSSR count). The third kappa shape index (κ3) is 2.77. The van der Waals surface area contributed by atoms with Crippen molar-refractivity contribution in [1.82, 2.24) is 4.90 Å². The normalized spacial score (nSPS) is 27.4. The lowest BCUT2D eigenvalue weighted by atomic mass is 9.99. The molecule has 0 spiro atoms. The summed E-state index contributed by atoms with van der Waals surface area (Å²) in [6, 6.07) is 6.29. The van der Waals surface area contributed by atoms with Crippen LogP contribution in [0.25, 0.3) is 0 Å². The smallest absolute Gasteiger partial charge is 0.381 e. The SMILES string of the molecule is FC(F)(F)c1cccc(NC2CCN3CCCCC23)c1. The number of hydrogen-bond donors (Lipinski definition) is 1. The first kappa shape index (κ1) is 13.7. The Morgan fingerprint density at radius 3 is 2.75 bits per heavy atom. The number of nitrogens with one attached hydrogen (secondary N) is 1. The number of fused-ring (bicyclic) bond motifs is 1. The van der Waals surface area contributed by atoms with Crippen molar-refractivity contribution < 1.29 is 13.2 Å². The molecule has 2 aliphatic rings. The van der Waals surface area contributed by atoms with E-state index in [9.17, 15) is 13.2 Å². The molecule has 1 aromatic rings. The molecule has 2 saturated heterocycles. The van der Waals surface area contributed by atoms with Crippen LogP contribution in [-0.2, 0) is 6.18 Å². The van der Waals surface area contributed by atoms with Crippen LogP contribution >= 0.6 is 0 Å². The fraction of sp³-hybridized carbons (Fsp3) is 0.600. The van der Waals surface area contributed by atoms with Gasteiger partial charge in [-0.15, -0.1) is 0 Å². The predicted octanol–water partition coefficient (Wildman–Crippen LogP) is 3.74. The van der Waals surface area contributed by atoms with Crippen LogP contribution in [0.15, 0.2) is 24.3 Å². The Balaban J connectivity index is 1.72. The van der Waals surface area contributed by atoms with Gasteiger partial charge in [0.2, 0.25) is 0 Å². The third-order valence-corrected chi connectivity index (χ3v) is 4.40. The molecule has 0 amide bonds. The predicted molar refractivity (Wildman–Crippen MR) is 72.7 cm³/mol. The summed E-state index contributed by atoms with van der Waals surface area (Å²) in [7, 11) is 0. The maximum Gasteiger partial charge on any atom is 0.416 e. The van der Waals surface area contributed by atoms with E-state index < -0.39 is 11.7 Å². The lowest BCUT2D eigenvalue weighted by molar-refractivity contribution is -0.137. The van der Waals surface area contributed by atoms with Gasteiger partial charge >= 0.3 is 6.18 Å². The Hall–Kier alpha value is -1.23. The number of benzene rings is 1. The molecule has 5 heteroatoms. The summed E-state index contributed by atoms with van der Waals surface area (Å²) in [4.78, 5) is 2.47. The van der Waals surface area contributed by atoms with Gasteiger partial charge in [0, 0.05) is 24.3 Å². The molecule has 2 aliphatic heterocycles. The highest BCUT2D eigenvalue weighted by Crippen LogP contribution is 2.33. The van der Waals surface area contributed by atoms with Crippen LogP contribution in [0.1, 0.15) is 31.2 Å². The second-order valence-corrected chi connectivity index (χ2v) is 5.72. The van der Waals surface area contributed by atoms with Crippen molar-refractivity contribution in [3.63, 3.8) is 0 Å². The van der Waals surface area contributed by atoms with Crippen LogP contribution < -0.4 is 5.32 Å². The van der Waals surface area contributed by atoms with Crippen molar-refractivity contribution in [1.29, 1.82) is 0 Å². The van der Waals surface area contributed by atoms with Gasteiger partial charge in [-0.25, -0.2) is 0 Å². The molecular weight excluding hydrogens is 265 g/mol. The fourth-order valence-corrected chi connectivity index (χ4v) is 3.42. The highest BCUT2D eigenvalue weighted by molar-refractivity contribution is 5.47. The second-order valence-electron chi connectivity index (χ2n) is 5.72. The summed E-state index contributed by atoms with van der Waals surface area (Å²) >= 11 is 0. The van der Waals surface area contributed by atoms with Gasteiger partial charge in [-0.2, -0.15) is 13.2 Å². The molecular formula is C15H19F3N2. The molecule has 2 heterocycles. The fourth-order valence-electron chi connectivity index (χ4n) is 3.42. The lowest BCUT2D eigenvalue weighted by Gasteiger charge is -2.33. The van der Waals surface area contributed by atoms with Gasteiger partial charge in [-0.1, -0.05) is 12.5 Å². The molecule has 0 saturated carbocycles. The maximum absolute atomic E-state index is 12.7. The lowest BCUT2D eigenvalue weighted by Crippen LogP contribution is -2.41. The summed E-state index contributed by atoms with van der Waals surface area (Å²) in [6.07, 6.45) is 0.358. The van der Waals surface area contributed by atoms with Crippen LogP contribution in [0.5, 0.6) is 0 Å². The Labute approximate surface area is 117 Å². The second kappa shape index (κ2) is 5.28. The minimum atomic E-state index is -4.27. The van der Waals surface area contributed by atoms with Crippen molar-refractivity contribution >= 4 is 5.69 Å². The van der Waals surface area contributed by atoms with Gasteiger partial charge in [0.15, 0.2) is 0 Å². The summed E-state index contributed by atoms with van der Waals surface area (Å²) < 4.78 is 38.1. The number of piperidine rings is 1. The van der Waals surface area contributed by atoms with Crippen LogP contribution in [-0.4, -0.2) is 30.1 Å². The van der Waals surface area contributed by atoms with E-state index in [0.717, 1.165) is 32.0 Å². The van der Waals surface area contributed by atoms with E-state index in [4.69, 9.17) is 0 Å². The van der Waals surface area contributed by atoms with Gasteiger partial charge in [-0.05, 0) is 44.0 Å². The van der Waals surface area contributed by atoms with E-state index in [1.807, 2.05) is 0 Å². The first-order valence-corrected chi connectivity index (χ1v) is 7.22. The van der Waals surface area contributed by atoms with E-state index in [-0.39, 0.29) is 6.04 Å². The monoisotopic (exact) mass is 284 g/mol. The third-order valence-electron chi connectivity index (χ3n) is 4.40. The summed E-state index contributed by atoms with van der Waals surface area (Å²) in [5.41, 5.74) is -0.00162. The Morgan fingerprint density at radius 2 is 1.95 bits per heavy atom. The topological polar surface area (TPSA) is 15.3 Å². The summed E-state index contributed by atoms with van der Waals surface area (Å²) in [6.45, 7) is 2.19. The summed E-state index contributed by atoms with van der Waals surface area (Å²) in [5, 5.41) is 3.31. The number of halogens is 3. The molecule has 0 aromatic heterocycles.